The number of ether oxygens (including phenoxy) is 1. The summed E-state index contributed by atoms with van der Waals surface area (Å²) in [5, 5.41) is 4.98. The lowest BCUT2D eigenvalue weighted by molar-refractivity contribution is 0.190. The summed E-state index contributed by atoms with van der Waals surface area (Å²) in [4.78, 5) is 3.56. The molecule has 1 atom stereocenters. The van der Waals surface area contributed by atoms with E-state index in [-0.39, 0.29) is 0 Å². The summed E-state index contributed by atoms with van der Waals surface area (Å²) < 4.78 is 5.40. The zero-order valence-corrected chi connectivity index (χ0v) is 12.7. The largest absolute Gasteiger partial charge is 0.380 e. The molecule has 1 aromatic carbocycles. The van der Waals surface area contributed by atoms with Crippen molar-refractivity contribution in [2.24, 2.45) is 0 Å². The second-order valence-electron chi connectivity index (χ2n) is 5.92. The molecule has 0 saturated carbocycles. The number of aryl methyl sites for hydroxylation is 3. The van der Waals surface area contributed by atoms with Crippen molar-refractivity contribution in [2.45, 2.75) is 39.7 Å². The van der Waals surface area contributed by atoms with Gasteiger partial charge in [0.2, 0.25) is 0 Å². The maximum absolute atomic E-state index is 5.40. The van der Waals surface area contributed by atoms with E-state index in [1.54, 1.807) is 0 Å². The first kappa shape index (κ1) is 13.7. The smallest absolute Gasteiger partial charge is 0.0620 e. The normalized spacial score (nSPS) is 19.1. The molecule has 0 spiro atoms. The van der Waals surface area contributed by atoms with Crippen molar-refractivity contribution in [3.63, 3.8) is 0 Å². The van der Waals surface area contributed by atoms with Crippen molar-refractivity contribution in [3.05, 3.63) is 34.5 Å². The molecule has 1 aliphatic rings. The molecule has 1 fully saturated rings. The van der Waals surface area contributed by atoms with Crippen LogP contribution in [0.15, 0.2) is 12.1 Å². The van der Waals surface area contributed by atoms with Crippen LogP contribution in [-0.2, 0) is 11.2 Å². The molecule has 3 rings (SSSR count). The average Bonchev–Trinajstić information content (AvgIpc) is 3.04. The van der Waals surface area contributed by atoms with E-state index in [2.05, 4.69) is 43.2 Å². The van der Waals surface area contributed by atoms with Crippen molar-refractivity contribution in [3.8, 4) is 0 Å². The van der Waals surface area contributed by atoms with Crippen LogP contribution in [-0.4, -0.2) is 30.8 Å². The first-order valence-corrected chi connectivity index (χ1v) is 7.55. The number of nitrogens with one attached hydrogen (secondary N) is 2. The van der Waals surface area contributed by atoms with E-state index in [0.717, 1.165) is 32.6 Å². The van der Waals surface area contributed by atoms with Crippen LogP contribution in [0.3, 0.4) is 0 Å². The predicted octanol–water partition coefficient (Wildman–Crippen LogP) is 3.01. The van der Waals surface area contributed by atoms with Crippen LogP contribution in [0.5, 0.6) is 0 Å². The Hall–Kier alpha value is -1.32. The van der Waals surface area contributed by atoms with E-state index in [9.17, 15) is 0 Å². The van der Waals surface area contributed by atoms with Gasteiger partial charge in [-0.05, 0) is 56.8 Å². The topological polar surface area (TPSA) is 37.0 Å². The molecular formula is C17H24N2O. The van der Waals surface area contributed by atoms with Crippen LogP contribution in [0.1, 0.15) is 28.8 Å². The molecule has 2 aromatic rings. The molecule has 3 heteroatoms. The summed E-state index contributed by atoms with van der Waals surface area (Å²) in [5.74, 6) is 0. The minimum absolute atomic E-state index is 0.546. The van der Waals surface area contributed by atoms with Gasteiger partial charge in [0.15, 0.2) is 0 Å². The zero-order chi connectivity index (χ0) is 14.1. The van der Waals surface area contributed by atoms with E-state index in [1.807, 2.05) is 0 Å². The second kappa shape index (κ2) is 5.58. The van der Waals surface area contributed by atoms with Gasteiger partial charge in [0.25, 0.3) is 0 Å². The summed E-state index contributed by atoms with van der Waals surface area (Å²) in [5.41, 5.74) is 6.79. The Labute approximate surface area is 120 Å². The number of fused-ring (bicyclic) bond motifs is 1. The number of rotatable bonds is 4. The lowest BCUT2D eigenvalue weighted by atomic mass is 10.0. The monoisotopic (exact) mass is 272 g/mol. The summed E-state index contributed by atoms with van der Waals surface area (Å²) in [6.07, 6.45) is 2.22. The fourth-order valence-electron chi connectivity index (χ4n) is 3.11. The molecule has 0 aliphatic carbocycles. The van der Waals surface area contributed by atoms with Crippen LogP contribution >= 0.6 is 0 Å². The van der Waals surface area contributed by atoms with Gasteiger partial charge in [-0.25, -0.2) is 0 Å². The minimum Gasteiger partial charge on any atom is -0.380 e. The maximum Gasteiger partial charge on any atom is 0.0620 e. The van der Waals surface area contributed by atoms with E-state index in [4.69, 9.17) is 4.74 Å². The predicted molar refractivity (Wildman–Crippen MR) is 83.4 cm³/mol. The third-order valence-electron chi connectivity index (χ3n) is 4.56. The molecule has 2 N–H and O–H groups in total. The Kier molecular flexibility index (Phi) is 3.81. The van der Waals surface area contributed by atoms with Gasteiger partial charge in [-0.2, -0.15) is 0 Å². The standard InChI is InChI=1S/C17H24N2O/c1-11-4-5-16-15(13(3)19-17(16)12(11)2)6-8-18-14-7-9-20-10-14/h4-5,14,18-19H,6-10H2,1-3H3/t14-/m0/s1. The highest BCUT2D eigenvalue weighted by Crippen LogP contribution is 2.26. The first-order chi connectivity index (χ1) is 9.66. The molecule has 1 aromatic heterocycles. The maximum atomic E-state index is 5.40. The van der Waals surface area contributed by atoms with Crippen LogP contribution in [0.2, 0.25) is 0 Å². The van der Waals surface area contributed by atoms with Gasteiger partial charge in [-0.15, -0.1) is 0 Å². The highest BCUT2D eigenvalue weighted by molar-refractivity contribution is 5.88. The molecule has 0 radical (unpaired) electrons. The molecule has 1 aliphatic heterocycles. The zero-order valence-electron chi connectivity index (χ0n) is 12.7. The van der Waals surface area contributed by atoms with E-state index in [0.29, 0.717) is 6.04 Å². The van der Waals surface area contributed by atoms with Crippen molar-refractivity contribution in [1.29, 1.82) is 0 Å². The molecule has 0 amide bonds. The lowest BCUT2D eigenvalue weighted by Crippen LogP contribution is -2.30. The van der Waals surface area contributed by atoms with Gasteiger partial charge < -0.3 is 15.0 Å². The second-order valence-corrected chi connectivity index (χ2v) is 5.92. The number of hydrogen-bond donors (Lipinski definition) is 2. The molecule has 2 heterocycles. The first-order valence-electron chi connectivity index (χ1n) is 7.55. The Bertz CT molecular complexity index is 609. The number of aromatic nitrogens is 1. The number of benzene rings is 1. The van der Waals surface area contributed by atoms with E-state index >= 15 is 0 Å². The quantitative estimate of drug-likeness (QED) is 0.897. The van der Waals surface area contributed by atoms with Gasteiger partial charge in [-0.1, -0.05) is 12.1 Å². The summed E-state index contributed by atoms with van der Waals surface area (Å²) >= 11 is 0. The van der Waals surface area contributed by atoms with Crippen LogP contribution < -0.4 is 5.32 Å². The molecule has 20 heavy (non-hydrogen) atoms. The average molecular weight is 272 g/mol. The minimum atomic E-state index is 0.546. The fourth-order valence-corrected chi connectivity index (χ4v) is 3.11. The molecule has 1 saturated heterocycles. The third-order valence-corrected chi connectivity index (χ3v) is 4.56. The van der Waals surface area contributed by atoms with Gasteiger partial charge >= 0.3 is 0 Å². The molecule has 0 unspecified atom stereocenters. The number of H-pyrrole nitrogens is 1. The van der Waals surface area contributed by atoms with Crippen molar-refractivity contribution in [1.82, 2.24) is 10.3 Å². The van der Waals surface area contributed by atoms with E-state index < -0.39 is 0 Å². The van der Waals surface area contributed by atoms with Gasteiger partial charge in [0.05, 0.1) is 6.61 Å². The summed E-state index contributed by atoms with van der Waals surface area (Å²) in [7, 11) is 0. The number of aromatic amines is 1. The van der Waals surface area contributed by atoms with E-state index in [1.165, 1.54) is 33.3 Å². The Balaban J connectivity index is 1.77. The van der Waals surface area contributed by atoms with Crippen molar-refractivity contribution < 1.29 is 4.74 Å². The molecule has 3 nitrogen and oxygen atoms in total. The third kappa shape index (κ3) is 2.48. The Morgan fingerprint density at radius 3 is 2.90 bits per heavy atom. The molecule has 108 valence electrons. The lowest BCUT2D eigenvalue weighted by Gasteiger charge is -2.10. The SMILES string of the molecule is Cc1ccc2c(CCN[C@H]3CCOC3)c(C)[nH]c2c1C. The number of hydrogen-bond acceptors (Lipinski definition) is 2. The molecule has 0 bridgehead atoms. The molecular weight excluding hydrogens is 248 g/mol. The fraction of sp³-hybridized carbons (Fsp3) is 0.529. The summed E-state index contributed by atoms with van der Waals surface area (Å²) in [6, 6.07) is 5.03. The highest BCUT2D eigenvalue weighted by atomic mass is 16.5. The highest BCUT2D eigenvalue weighted by Gasteiger charge is 2.15. The van der Waals surface area contributed by atoms with Crippen molar-refractivity contribution in [2.75, 3.05) is 19.8 Å². The van der Waals surface area contributed by atoms with Crippen LogP contribution in [0.4, 0.5) is 0 Å². The van der Waals surface area contributed by atoms with Crippen LogP contribution in [0.25, 0.3) is 10.9 Å². The summed E-state index contributed by atoms with van der Waals surface area (Å²) in [6.45, 7) is 9.35. The van der Waals surface area contributed by atoms with Gasteiger partial charge in [0, 0.05) is 29.2 Å². The van der Waals surface area contributed by atoms with Gasteiger partial charge in [-0.3, -0.25) is 0 Å². The van der Waals surface area contributed by atoms with Crippen molar-refractivity contribution >= 4 is 10.9 Å². The van der Waals surface area contributed by atoms with Gasteiger partial charge in [0.1, 0.15) is 0 Å². The Morgan fingerprint density at radius 2 is 2.15 bits per heavy atom. The van der Waals surface area contributed by atoms with Crippen LogP contribution in [0, 0.1) is 20.8 Å². The Morgan fingerprint density at radius 1 is 1.30 bits per heavy atom.